The van der Waals surface area contributed by atoms with Crippen LogP contribution in [0.15, 0.2) is 18.3 Å². The van der Waals surface area contributed by atoms with Gasteiger partial charge in [-0.25, -0.2) is 4.98 Å². The lowest BCUT2D eigenvalue weighted by Crippen LogP contribution is -2.26. The van der Waals surface area contributed by atoms with Crippen LogP contribution in [-0.4, -0.2) is 39.8 Å². The minimum atomic E-state index is -4.54. The van der Waals surface area contributed by atoms with Gasteiger partial charge >= 0.3 is 6.18 Å². The summed E-state index contributed by atoms with van der Waals surface area (Å²) in [5.41, 5.74) is 6.52. The molecule has 2 saturated carbocycles. The number of fused-ring (bicyclic) bond motifs is 1. The number of rotatable bonds is 4. The molecule has 152 valence electrons. The van der Waals surface area contributed by atoms with Crippen molar-refractivity contribution in [3.63, 3.8) is 0 Å². The number of hydrogen-bond donors (Lipinski definition) is 1. The molecule has 0 aromatic carbocycles. The zero-order valence-corrected chi connectivity index (χ0v) is 16.5. The zero-order chi connectivity index (χ0) is 20.4. The number of alkyl halides is 3. The molecule has 2 aromatic rings. The van der Waals surface area contributed by atoms with E-state index < -0.39 is 17.6 Å². The van der Waals surface area contributed by atoms with Crippen molar-refractivity contribution in [3.8, 4) is 11.3 Å². The highest BCUT2D eigenvalue weighted by molar-refractivity contribution is 5.63. The summed E-state index contributed by atoms with van der Waals surface area (Å²) in [7, 11) is 4.24. The summed E-state index contributed by atoms with van der Waals surface area (Å²) < 4.78 is 41.6. The van der Waals surface area contributed by atoms with Crippen LogP contribution in [-0.2, 0) is 6.18 Å². The van der Waals surface area contributed by atoms with Gasteiger partial charge in [-0.05, 0) is 64.8 Å². The maximum Gasteiger partial charge on any atom is 0.419 e. The Hall–Kier alpha value is -2.09. The molecule has 0 aliphatic heterocycles. The molecule has 2 aliphatic rings. The second kappa shape index (κ2) is 6.47. The Bertz CT molecular complexity index is 874. The molecule has 8 heteroatoms. The van der Waals surface area contributed by atoms with E-state index in [1.165, 1.54) is 19.0 Å². The molecule has 0 saturated heterocycles. The van der Waals surface area contributed by atoms with Crippen molar-refractivity contribution in [2.24, 2.45) is 11.8 Å². The van der Waals surface area contributed by atoms with Gasteiger partial charge < -0.3 is 10.6 Å². The van der Waals surface area contributed by atoms with Gasteiger partial charge in [0.1, 0.15) is 5.82 Å². The topological polar surface area (TPSA) is 60.0 Å². The molecule has 28 heavy (non-hydrogen) atoms. The predicted molar refractivity (Wildman–Crippen MR) is 102 cm³/mol. The summed E-state index contributed by atoms with van der Waals surface area (Å²) >= 11 is 0. The van der Waals surface area contributed by atoms with Crippen molar-refractivity contribution >= 4 is 5.82 Å². The maximum absolute atomic E-state index is 13.2. The summed E-state index contributed by atoms with van der Waals surface area (Å²) in [5.74, 6) is 1.23. The van der Waals surface area contributed by atoms with E-state index in [4.69, 9.17) is 5.73 Å². The molecule has 0 amide bonds. The number of nitrogen functional groups attached to an aromatic ring is 1. The molecule has 2 aromatic heterocycles. The Kier molecular flexibility index (Phi) is 4.45. The van der Waals surface area contributed by atoms with Crippen LogP contribution >= 0.6 is 0 Å². The van der Waals surface area contributed by atoms with Crippen LogP contribution in [0.1, 0.15) is 49.9 Å². The van der Waals surface area contributed by atoms with Crippen molar-refractivity contribution in [2.45, 2.75) is 50.9 Å². The minimum absolute atomic E-state index is 0.138. The summed E-state index contributed by atoms with van der Waals surface area (Å²) in [5, 5.41) is 4.63. The fourth-order valence-electron chi connectivity index (χ4n) is 4.73. The first-order chi connectivity index (χ1) is 13.1. The largest absolute Gasteiger partial charge is 0.419 e. The third-order valence-corrected chi connectivity index (χ3v) is 6.27. The van der Waals surface area contributed by atoms with Crippen molar-refractivity contribution in [2.75, 3.05) is 19.8 Å². The first-order valence-electron chi connectivity index (χ1n) is 9.67. The fraction of sp³-hybridized carbons (Fsp3) is 0.600. The number of nitrogens with zero attached hydrogens (tertiary/aromatic N) is 4. The van der Waals surface area contributed by atoms with E-state index in [1.54, 1.807) is 0 Å². The molecule has 2 fully saturated rings. The van der Waals surface area contributed by atoms with Gasteiger partial charge in [0.15, 0.2) is 0 Å². The van der Waals surface area contributed by atoms with Crippen molar-refractivity contribution in [1.29, 1.82) is 0 Å². The quantitative estimate of drug-likeness (QED) is 0.847. The molecule has 4 rings (SSSR count). The third-order valence-electron chi connectivity index (χ3n) is 6.27. The van der Waals surface area contributed by atoms with Crippen LogP contribution in [0.5, 0.6) is 0 Å². The number of hydrogen-bond acceptors (Lipinski definition) is 4. The number of anilines is 1. The fourth-order valence-corrected chi connectivity index (χ4v) is 4.73. The SMILES string of the molecule is CC(C)n1nc(-c2cnc(N)c(C(F)(F)F)c2)cc1C1[C@H]2CC(N(C)C)C[C@@H]12. The molecule has 4 atom stereocenters. The van der Waals surface area contributed by atoms with Gasteiger partial charge in [-0.15, -0.1) is 0 Å². The summed E-state index contributed by atoms with van der Waals surface area (Å²) in [4.78, 5) is 6.04. The Morgan fingerprint density at radius 1 is 1.18 bits per heavy atom. The van der Waals surface area contributed by atoms with E-state index in [9.17, 15) is 13.2 Å². The van der Waals surface area contributed by atoms with E-state index >= 15 is 0 Å². The third kappa shape index (κ3) is 3.17. The maximum atomic E-state index is 13.2. The lowest BCUT2D eigenvalue weighted by atomic mass is 10.0. The second-order valence-corrected chi connectivity index (χ2v) is 8.59. The molecule has 2 N–H and O–H groups in total. The van der Waals surface area contributed by atoms with Crippen molar-refractivity contribution in [3.05, 3.63) is 29.6 Å². The zero-order valence-electron chi connectivity index (χ0n) is 16.5. The molecule has 0 radical (unpaired) electrons. The van der Waals surface area contributed by atoms with E-state index in [0.717, 1.165) is 11.8 Å². The molecular formula is C20H26F3N5. The van der Waals surface area contributed by atoms with Crippen LogP contribution in [0.2, 0.25) is 0 Å². The van der Waals surface area contributed by atoms with Crippen LogP contribution in [0, 0.1) is 11.8 Å². The van der Waals surface area contributed by atoms with Gasteiger partial charge in [-0.2, -0.15) is 18.3 Å². The number of nitrogens with two attached hydrogens (primary N) is 1. The highest BCUT2D eigenvalue weighted by Crippen LogP contribution is 2.64. The van der Waals surface area contributed by atoms with E-state index in [1.807, 2.05) is 24.6 Å². The second-order valence-electron chi connectivity index (χ2n) is 8.59. The Morgan fingerprint density at radius 3 is 2.36 bits per heavy atom. The standard InChI is InChI=1S/C20H26F3N5/c1-10(2)28-17(18-13-6-12(27(3)4)7-14(13)18)8-16(26-28)11-5-15(20(21,22)23)19(24)25-9-11/h5,8-10,12-14,18H,6-7H2,1-4H3,(H2,24,25)/t12?,13-,14+,18?. The molecule has 0 bridgehead atoms. The summed E-state index contributed by atoms with van der Waals surface area (Å²) in [6.45, 7) is 4.09. The predicted octanol–water partition coefficient (Wildman–Crippen LogP) is 4.18. The van der Waals surface area contributed by atoms with Crippen LogP contribution in [0.25, 0.3) is 11.3 Å². The molecule has 5 nitrogen and oxygen atoms in total. The monoisotopic (exact) mass is 393 g/mol. The number of aromatic nitrogens is 3. The van der Waals surface area contributed by atoms with E-state index in [-0.39, 0.29) is 6.04 Å². The number of pyridine rings is 1. The van der Waals surface area contributed by atoms with Crippen molar-refractivity contribution < 1.29 is 13.2 Å². The summed E-state index contributed by atoms with van der Waals surface area (Å²) in [6.07, 6.45) is -0.826. The van der Waals surface area contributed by atoms with Gasteiger partial charge in [0.05, 0.1) is 11.3 Å². The highest BCUT2D eigenvalue weighted by atomic mass is 19.4. The first kappa shape index (κ1) is 19.2. The Balaban J connectivity index is 1.66. The van der Waals surface area contributed by atoms with Gasteiger partial charge in [0, 0.05) is 35.5 Å². The van der Waals surface area contributed by atoms with Crippen LogP contribution in [0.3, 0.4) is 0 Å². The van der Waals surface area contributed by atoms with Crippen molar-refractivity contribution in [1.82, 2.24) is 19.7 Å². The van der Waals surface area contributed by atoms with E-state index in [0.29, 0.717) is 35.1 Å². The molecule has 2 aliphatic carbocycles. The minimum Gasteiger partial charge on any atom is -0.383 e. The normalized spacial score (nSPS) is 26.9. The van der Waals surface area contributed by atoms with Gasteiger partial charge in [0.25, 0.3) is 0 Å². The average molecular weight is 393 g/mol. The Labute approximate surface area is 162 Å². The molecular weight excluding hydrogens is 367 g/mol. The highest BCUT2D eigenvalue weighted by Gasteiger charge is 2.58. The molecule has 2 heterocycles. The van der Waals surface area contributed by atoms with Crippen LogP contribution in [0.4, 0.5) is 19.0 Å². The molecule has 2 unspecified atom stereocenters. The first-order valence-corrected chi connectivity index (χ1v) is 9.67. The van der Waals surface area contributed by atoms with Crippen LogP contribution < -0.4 is 5.73 Å². The average Bonchev–Trinajstić information content (AvgIpc) is 2.99. The molecule has 0 spiro atoms. The Morgan fingerprint density at radius 2 is 1.82 bits per heavy atom. The summed E-state index contributed by atoms with van der Waals surface area (Å²) in [6, 6.07) is 3.76. The lowest BCUT2D eigenvalue weighted by Gasteiger charge is -2.22. The van der Waals surface area contributed by atoms with E-state index in [2.05, 4.69) is 29.1 Å². The van der Waals surface area contributed by atoms with Gasteiger partial charge in [-0.1, -0.05) is 0 Å². The lowest BCUT2D eigenvalue weighted by molar-refractivity contribution is -0.137. The number of halogens is 3. The van der Waals surface area contributed by atoms with Gasteiger partial charge in [-0.3, -0.25) is 4.68 Å². The smallest absolute Gasteiger partial charge is 0.383 e. The van der Waals surface area contributed by atoms with Gasteiger partial charge in [0.2, 0.25) is 0 Å².